The summed E-state index contributed by atoms with van der Waals surface area (Å²) in [4.78, 5) is 37.5. The first kappa shape index (κ1) is 27.6. The van der Waals surface area contributed by atoms with Gasteiger partial charge in [0.25, 0.3) is 0 Å². The van der Waals surface area contributed by atoms with Crippen LogP contribution >= 0.6 is 23.5 Å². The number of carbonyl (C=O) groups excluding carboxylic acids is 1. The SMILES string of the molecule is CCCC(=O)c1cn(-c2ccc(N3CC(N)C3)nc2)c2cc(N3SCCC3COc3ncccc3Cl)ccc2c1=O. The van der Waals surface area contributed by atoms with E-state index in [0.29, 0.717) is 41.3 Å². The summed E-state index contributed by atoms with van der Waals surface area (Å²) in [6.45, 7) is 3.91. The van der Waals surface area contributed by atoms with Crippen molar-refractivity contribution in [2.75, 3.05) is 34.7 Å². The smallest absolute Gasteiger partial charge is 0.232 e. The number of rotatable bonds is 9. The van der Waals surface area contributed by atoms with Crippen molar-refractivity contribution in [3.05, 3.63) is 81.9 Å². The first-order valence-corrected chi connectivity index (χ1v) is 15.1. The summed E-state index contributed by atoms with van der Waals surface area (Å²) < 4.78 is 10.1. The Hall–Kier alpha value is -3.60. The molecule has 0 radical (unpaired) electrons. The monoisotopic (exact) mass is 590 g/mol. The normalized spacial score (nSPS) is 17.2. The minimum absolute atomic E-state index is 0.0879. The quantitative estimate of drug-likeness (QED) is 0.216. The topological polar surface area (TPSA) is 107 Å². The molecule has 2 saturated heterocycles. The number of ketones is 1. The number of nitrogens with two attached hydrogens (primary N) is 1. The van der Waals surface area contributed by atoms with Crippen molar-refractivity contribution >= 4 is 51.7 Å². The van der Waals surface area contributed by atoms with Gasteiger partial charge in [0.15, 0.2) is 11.2 Å². The molecule has 1 atom stereocenters. The summed E-state index contributed by atoms with van der Waals surface area (Å²) in [6.07, 6.45) is 7.02. The first-order chi connectivity index (χ1) is 19.9. The number of Topliss-reactive ketones (excluding diaryl/α,β-unsaturated/α-hetero) is 1. The molecular formula is C30H31ClN6O3S. The molecular weight excluding hydrogens is 560 g/mol. The highest BCUT2D eigenvalue weighted by molar-refractivity contribution is 8.00. The lowest BCUT2D eigenvalue weighted by atomic mass is 10.0. The van der Waals surface area contributed by atoms with Gasteiger partial charge in [0, 0.05) is 54.8 Å². The van der Waals surface area contributed by atoms with Crippen LogP contribution in [0.15, 0.2) is 65.8 Å². The van der Waals surface area contributed by atoms with Crippen molar-refractivity contribution < 1.29 is 9.53 Å². The average Bonchev–Trinajstić information content (AvgIpc) is 3.44. The van der Waals surface area contributed by atoms with E-state index in [-0.39, 0.29) is 28.9 Å². The molecule has 9 nitrogen and oxygen atoms in total. The Morgan fingerprint density at radius 3 is 2.73 bits per heavy atom. The Kier molecular flexibility index (Phi) is 7.88. The molecule has 0 bridgehead atoms. The van der Waals surface area contributed by atoms with Gasteiger partial charge in [-0.3, -0.25) is 9.59 Å². The molecule has 5 heterocycles. The van der Waals surface area contributed by atoms with Gasteiger partial charge in [-0.05, 0) is 67.3 Å². The third kappa shape index (κ3) is 5.51. The molecule has 4 aromatic rings. The van der Waals surface area contributed by atoms with Crippen LogP contribution in [-0.4, -0.2) is 57.9 Å². The van der Waals surface area contributed by atoms with Crippen molar-refractivity contribution in [3.8, 4) is 11.6 Å². The van der Waals surface area contributed by atoms with Crippen LogP contribution in [0.3, 0.4) is 0 Å². The Labute approximate surface area is 247 Å². The zero-order chi connectivity index (χ0) is 28.5. The lowest BCUT2D eigenvalue weighted by Crippen LogP contribution is -2.56. The second-order valence-corrected chi connectivity index (χ2v) is 11.8. The second kappa shape index (κ2) is 11.7. The number of carbonyl (C=O) groups is 1. The minimum atomic E-state index is -0.251. The van der Waals surface area contributed by atoms with Gasteiger partial charge in [0.1, 0.15) is 17.4 Å². The third-order valence-corrected chi connectivity index (χ3v) is 8.91. The maximum absolute atomic E-state index is 13.5. The van der Waals surface area contributed by atoms with Crippen LogP contribution < -0.4 is 25.1 Å². The predicted molar refractivity (Wildman–Crippen MR) is 165 cm³/mol. The van der Waals surface area contributed by atoms with Crippen LogP contribution in [0.1, 0.15) is 36.5 Å². The number of anilines is 2. The Morgan fingerprint density at radius 1 is 1.17 bits per heavy atom. The molecule has 2 fully saturated rings. The van der Waals surface area contributed by atoms with E-state index in [9.17, 15) is 9.59 Å². The lowest BCUT2D eigenvalue weighted by molar-refractivity contribution is 0.0980. The predicted octanol–water partition coefficient (Wildman–Crippen LogP) is 4.87. The highest BCUT2D eigenvalue weighted by atomic mass is 35.5. The molecule has 0 saturated carbocycles. The Balaban J connectivity index is 1.37. The maximum Gasteiger partial charge on any atom is 0.232 e. The number of halogens is 1. The van der Waals surface area contributed by atoms with E-state index in [2.05, 4.69) is 19.2 Å². The number of pyridine rings is 3. The average molecular weight is 591 g/mol. The highest BCUT2D eigenvalue weighted by Crippen LogP contribution is 2.36. The van der Waals surface area contributed by atoms with Crippen LogP contribution in [-0.2, 0) is 0 Å². The van der Waals surface area contributed by atoms with E-state index in [1.165, 1.54) is 0 Å². The van der Waals surface area contributed by atoms with E-state index >= 15 is 0 Å². The van der Waals surface area contributed by atoms with Crippen LogP contribution in [0.4, 0.5) is 11.5 Å². The fraction of sp³-hybridized carbons (Fsp3) is 0.333. The van der Waals surface area contributed by atoms with E-state index in [1.807, 2.05) is 41.8 Å². The molecule has 0 spiro atoms. The standard InChI is InChI=1S/C30H31ClN6O3S/c1-2-4-27(38)24-17-36(21-7-9-28(34-14-21)35-15-19(32)16-35)26-13-20(6-8-23(26)29(24)39)37-22(10-12-41-37)18-40-30-25(31)5-3-11-33-30/h3,5-9,11,13-14,17,19,22H,2,4,10,12,15-16,18,32H2,1H3. The number of hydrogen-bond acceptors (Lipinski definition) is 9. The highest BCUT2D eigenvalue weighted by Gasteiger charge is 2.28. The van der Waals surface area contributed by atoms with Gasteiger partial charge in [-0.2, -0.15) is 0 Å². The largest absolute Gasteiger partial charge is 0.474 e. The van der Waals surface area contributed by atoms with Gasteiger partial charge in [0.2, 0.25) is 5.88 Å². The number of benzene rings is 1. The van der Waals surface area contributed by atoms with E-state index in [0.717, 1.165) is 42.5 Å². The third-order valence-electron chi connectivity index (χ3n) is 7.41. The van der Waals surface area contributed by atoms with E-state index in [1.54, 1.807) is 42.7 Å². The first-order valence-electron chi connectivity index (χ1n) is 13.8. The van der Waals surface area contributed by atoms with Gasteiger partial charge in [-0.1, -0.05) is 18.5 Å². The number of aromatic nitrogens is 3. The molecule has 0 aliphatic carbocycles. The Bertz CT molecular complexity index is 1640. The molecule has 6 rings (SSSR count). The number of hydrogen-bond donors (Lipinski definition) is 1. The van der Waals surface area contributed by atoms with Crippen LogP contribution in [0.5, 0.6) is 5.88 Å². The minimum Gasteiger partial charge on any atom is -0.474 e. The maximum atomic E-state index is 13.5. The summed E-state index contributed by atoms with van der Waals surface area (Å²) in [7, 11) is 0. The zero-order valence-corrected chi connectivity index (χ0v) is 24.3. The van der Waals surface area contributed by atoms with Crippen molar-refractivity contribution in [2.24, 2.45) is 5.73 Å². The van der Waals surface area contributed by atoms with E-state index < -0.39 is 0 Å². The second-order valence-electron chi connectivity index (χ2n) is 10.4. The molecule has 2 aliphatic rings. The fourth-order valence-corrected chi connectivity index (χ4v) is 6.62. The van der Waals surface area contributed by atoms with Crippen molar-refractivity contribution in [1.82, 2.24) is 14.5 Å². The Morgan fingerprint density at radius 2 is 2.00 bits per heavy atom. The summed E-state index contributed by atoms with van der Waals surface area (Å²) in [6, 6.07) is 13.5. The lowest BCUT2D eigenvalue weighted by Gasteiger charge is -2.37. The summed E-state index contributed by atoms with van der Waals surface area (Å²) in [5.41, 5.74) is 8.31. The van der Waals surface area contributed by atoms with Crippen molar-refractivity contribution in [2.45, 2.75) is 38.3 Å². The van der Waals surface area contributed by atoms with Gasteiger partial charge in [-0.25, -0.2) is 9.97 Å². The molecule has 2 N–H and O–H groups in total. The molecule has 41 heavy (non-hydrogen) atoms. The molecule has 11 heteroatoms. The number of nitrogens with zero attached hydrogens (tertiary/aromatic N) is 5. The molecule has 3 aromatic heterocycles. The van der Waals surface area contributed by atoms with Crippen molar-refractivity contribution in [3.63, 3.8) is 0 Å². The van der Waals surface area contributed by atoms with Crippen LogP contribution in [0.2, 0.25) is 5.02 Å². The summed E-state index contributed by atoms with van der Waals surface area (Å²) >= 11 is 7.96. The summed E-state index contributed by atoms with van der Waals surface area (Å²) in [5, 5.41) is 0.968. The van der Waals surface area contributed by atoms with Gasteiger partial charge >= 0.3 is 0 Å². The summed E-state index contributed by atoms with van der Waals surface area (Å²) in [5.74, 6) is 2.05. The van der Waals surface area contributed by atoms with Gasteiger partial charge in [0.05, 0.1) is 29.0 Å². The molecule has 0 amide bonds. The fourth-order valence-electron chi connectivity index (χ4n) is 5.23. The van der Waals surface area contributed by atoms with Gasteiger partial charge < -0.3 is 24.2 Å². The van der Waals surface area contributed by atoms with Gasteiger partial charge in [-0.15, -0.1) is 0 Å². The van der Waals surface area contributed by atoms with Crippen LogP contribution in [0, 0.1) is 0 Å². The number of ether oxygens (including phenoxy) is 1. The molecule has 1 unspecified atom stereocenters. The molecule has 212 valence electrons. The van der Waals surface area contributed by atoms with Crippen molar-refractivity contribution in [1.29, 1.82) is 0 Å². The zero-order valence-electron chi connectivity index (χ0n) is 22.7. The molecule has 2 aliphatic heterocycles. The number of fused-ring (bicyclic) bond motifs is 1. The molecule has 1 aromatic carbocycles. The van der Waals surface area contributed by atoms with E-state index in [4.69, 9.17) is 22.1 Å². The van der Waals surface area contributed by atoms with Crippen LogP contribution in [0.25, 0.3) is 16.6 Å².